The molecule has 1 aromatic carbocycles. The van der Waals surface area contributed by atoms with Crippen LogP contribution in [0.4, 0.5) is 5.69 Å². The molecule has 0 saturated carbocycles. The number of ether oxygens (including phenoxy) is 1. The van der Waals surface area contributed by atoms with E-state index in [0.29, 0.717) is 13.0 Å². The summed E-state index contributed by atoms with van der Waals surface area (Å²) in [6.45, 7) is 5.07. The monoisotopic (exact) mass is 293 g/mol. The topological polar surface area (TPSA) is 67.6 Å². The van der Waals surface area contributed by atoms with Crippen LogP contribution >= 0.6 is 0 Å². The van der Waals surface area contributed by atoms with Gasteiger partial charge in [-0.3, -0.25) is 4.79 Å². The van der Waals surface area contributed by atoms with Gasteiger partial charge in [0, 0.05) is 32.3 Å². The summed E-state index contributed by atoms with van der Waals surface area (Å²) in [6, 6.07) is 7.85. The molecule has 0 aromatic heterocycles. The number of benzene rings is 1. The minimum absolute atomic E-state index is 0.346. The Kier molecular flexibility index (Phi) is 6.49. The number of hydrogen-bond donors (Lipinski definition) is 2. The second-order valence-corrected chi connectivity index (χ2v) is 5.61. The minimum Gasteiger partial charge on any atom is -0.493 e. The van der Waals surface area contributed by atoms with Gasteiger partial charge in [-0.2, -0.15) is 0 Å². The molecule has 118 valence electrons. The molecule has 5 heteroatoms. The van der Waals surface area contributed by atoms with Gasteiger partial charge < -0.3 is 20.7 Å². The van der Waals surface area contributed by atoms with Crippen LogP contribution in [0.25, 0.3) is 0 Å². The van der Waals surface area contributed by atoms with Crippen LogP contribution in [0, 0.1) is 0 Å². The first-order valence-corrected chi connectivity index (χ1v) is 7.34. The van der Waals surface area contributed by atoms with Gasteiger partial charge in [-0.05, 0) is 32.0 Å². The highest BCUT2D eigenvalue weighted by Gasteiger charge is 2.29. The maximum Gasteiger partial charge on any atom is 0.237 e. The quantitative estimate of drug-likeness (QED) is 0.728. The van der Waals surface area contributed by atoms with Crippen LogP contribution < -0.4 is 20.7 Å². The number of amides is 1. The molecule has 0 radical (unpaired) electrons. The number of anilines is 1. The van der Waals surface area contributed by atoms with E-state index < -0.39 is 5.54 Å². The van der Waals surface area contributed by atoms with Gasteiger partial charge in [0.15, 0.2) is 0 Å². The van der Waals surface area contributed by atoms with Crippen LogP contribution in [-0.2, 0) is 4.79 Å². The smallest absolute Gasteiger partial charge is 0.237 e. The third kappa shape index (κ3) is 5.27. The molecule has 0 aliphatic rings. The maximum atomic E-state index is 11.6. The fourth-order valence-electron chi connectivity index (χ4n) is 1.92. The lowest BCUT2D eigenvalue weighted by molar-refractivity contribution is -0.124. The number of carbonyl (C=O) groups is 1. The van der Waals surface area contributed by atoms with Crippen molar-refractivity contribution < 1.29 is 9.53 Å². The molecule has 0 spiro atoms. The highest BCUT2D eigenvalue weighted by molar-refractivity contribution is 5.84. The molecule has 1 unspecified atom stereocenters. The van der Waals surface area contributed by atoms with Gasteiger partial charge in [0.1, 0.15) is 5.75 Å². The van der Waals surface area contributed by atoms with Crippen LogP contribution in [0.15, 0.2) is 24.3 Å². The van der Waals surface area contributed by atoms with E-state index in [4.69, 9.17) is 10.5 Å². The van der Waals surface area contributed by atoms with E-state index in [2.05, 4.69) is 12.2 Å². The lowest BCUT2D eigenvalue weighted by Gasteiger charge is -2.27. The predicted molar refractivity (Wildman–Crippen MR) is 86.8 cm³/mol. The molecule has 0 saturated heterocycles. The molecule has 1 atom stereocenters. The standard InChI is InChI=1S/C16H27N3O2/c1-5-10-18-16(2,15(17)20)9-11-21-14-8-6-7-13(12-14)19(3)4/h6-8,12,18H,5,9-11H2,1-4H3,(H2,17,20). The van der Waals surface area contributed by atoms with Crippen LogP contribution in [0.5, 0.6) is 5.75 Å². The van der Waals surface area contributed by atoms with Crippen molar-refractivity contribution in [3.63, 3.8) is 0 Å². The molecule has 21 heavy (non-hydrogen) atoms. The maximum absolute atomic E-state index is 11.6. The minimum atomic E-state index is -0.727. The summed E-state index contributed by atoms with van der Waals surface area (Å²) in [6.07, 6.45) is 1.49. The van der Waals surface area contributed by atoms with Gasteiger partial charge in [0.2, 0.25) is 5.91 Å². The van der Waals surface area contributed by atoms with Crippen molar-refractivity contribution in [2.24, 2.45) is 5.73 Å². The molecule has 1 rings (SSSR count). The number of hydrogen-bond acceptors (Lipinski definition) is 4. The van der Waals surface area contributed by atoms with Crippen LogP contribution in [-0.4, -0.2) is 38.7 Å². The van der Waals surface area contributed by atoms with Gasteiger partial charge in [0.25, 0.3) is 0 Å². The van der Waals surface area contributed by atoms with E-state index in [9.17, 15) is 4.79 Å². The lowest BCUT2D eigenvalue weighted by atomic mass is 9.97. The first-order valence-electron chi connectivity index (χ1n) is 7.34. The molecule has 5 nitrogen and oxygen atoms in total. The zero-order chi connectivity index (χ0) is 15.9. The van der Waals surface area contributed by atoms with Crippen molar-refractivity contribution >= 4 is 11.6 Å². The summed E-state index contributed by atoms with van der Waals surface area (Å²) in [4.78, 5) is 13.6. The Morgan fingerprint density at radius 3 is 2.71 bits per heavy atom. The van der Waals surface area contributed by atoms with E-state index in [1.807, 2.05) is 50.2 Å². The van der Waals surface area contributed by atoms with Gasteiger partial charge in [-0.1, -0.05) is 13.0 Å². The van der Waals surface area contributed by atoms with Crippen molar-refractivity contribution in [2.75, 3.05) is 32.1 Å². The van der Waals surface area contributed by atoms with E-state index in [0.717, 1.165) is 24.4 Å². The molecule has 0 bridgehead atoms. The Hall–Kier alpha value is -1.75. The van der Waals surface area contributed by atoms with E-state index in [1.165, 1.54) is 0 Å². The average Bonchev–Trinajstić information content (AvgIpc) is 2.45. The molecule has 0 aliphatic carbocycles. The van der Waals surface area contributed by atoms with E-state index in [1.54, 1.807) is 0 Å². The van der Waals surface area contributed by atoms with Crippen molar-refractivity contribution in [3.05, 3.63) is 24.3 Å². The van der Waals surface area contributed by atoms with Crippen LogP contribution in [0.1, 0.15) is 26.7 Å². The van der Waals surface area contributed by atoms with Crippen molar-refractivity contribution in [3.8, 4) is 5.75 Å². The zero-order valence-corrected chi connectivity index (χ0v) is 13.5. The Morgan fingerprint density at radius 1 is 1.43 bits per heavy atom. The predicted octanol–water partition coefficient (Wildman–Crippen LogP) is 1.77. The Morgan fingerprint density at radius 2 is 2.14 bits per heavy atom. The Bertz CT molecular complexity index is 463. The van der Waals surface area contributed by atoms with Gasteiger partial charge in [-0.15, -0.1) is 0 Å². The van der Waals surface area contributed by atoms with Gasteiger partial charge in [-0.25, -0.2) is 0 Å². The summed E-state index contributed by atoms with van der Waals surface area (Å²) in [7, 11) is 3.97. The third-order valence-corrected chi connectivity index (χ3v) is 3.51. The van der Waals surface area contributed by atoms with Crippen LogP contribution in [0.2, 0.25) is 0 Å². The SMILES string of the molecule is CCCNC(C)(CCOc1cccc(N(C)C)c1)C(N)=O. The molecule has 0 aliphatic heterocycles. The molecule has 3 N–H and O–H groups in total. The molecule has 1 aromatic rings. The summed E-state index contributed by atoms with van der Waals surface area (Å²) in [5.41, 5.74) is 5.84. The summed E-state index contributed by atoms with van der Waals surface area (Å²) in [5.74, 6) is 0.449. The number of carbonyl (C=O) groups excluding carboxylic acids is 1. The molecule has 0 heterocycles. The number of nitrogens with two attached hydrogens (primary N) is 1. The largest absolute Gasteiger partial charge is 0.493 e. The van der Waals surface area contributed by atoms with Crippen molar-refractivity contribution in [1.82, 2.24) is 5.32 Å². The first kappa shape index (κ1) is 17.3. The fourth-order valence-corrected chi connectivity index (χ4v) is 1.92. The number of rotatable bonds is 9. The zero-order valence-electron chi connectivity index (χ0n) is 13.5. The number of primary amides is 1. The molecular weight excluding hydrogens is 266 g/mol. The first-order chi connectivity index (χ1) is 9.89. The van der Waals surface area contributed by atoms with Gasteiger partial charge >= 0.3 is 0 Å². The summed E-state index contributed by atoms with van der Waals surface area (Å²) >= 11 is 0. The molecular formula is C16H27N3O2. The van der Waals surface area contributed by atoms with Crippen LogP contribution in [0.3, 0.4) is 0 Å². The average molecular weight is 293 g/mol. The highest BCUT2D eigenvalue weighted by Crippen LogP contribution is 2.20. The summed E-state index contributed by atoms with van der Waals surface area (Å²) < 4.78 is 5.75. The van der Waals surface area contributed by atoms with Crippen molar-refractivity contribution in [1.29, 1.82) is 0 Å². The molecule has 1 amide bonds. The lowest BCUT2D eigenvalue weighted by Crippen LogP contribution is -2.54. The molecule has 0 fully saturated rings. The second kappa shape index (κ2) is 7.88. The Balaban J connectivity index is 2.58. The normalized spacial score (nSPS) is 13.5. The second-order valence-electron chi connectivity index (χ2n) is 5.61. The van der Waals surface area contributed by atoms with E-state index >= 15 is 0 Å². The third-order valence-electron chi connectivity index (χ3n) is 3.51. The van der Waals surface area contributed by atoms with Crippen molar-refractivity contribution in [2.45, 2.75) is 32.2 Å². The number of nitrogens with zero attached hydrogens (tertiary/aromatic N) is 1. The van der Waals surface area contributed by atoms with E-state index in [-0.39, 0.29) is 5.91 Å². The van der Waals surface area contributed by atoms with Gasteiger partial charge in [0.05, 0.1) is 12.1 Å². The summed E-state index contributed by atoms with van der Waals surface area (Å²) in [5, 5.41) is 3.20. The highest BCUT2D eigenvalue weighted by atomic mass is 16.5. The Labute approximate surface area is 127 Å². The number of nitrogens with one attached hydrogen (secondary N) is 1. The fraction of sp³-hybridized carbons (Fsp3) is 0.562.